The number of thioether (sulfide) groups is 1. The van der Waals surface area contributed by atoms with Crippen LogP contribution in [0.25, 0.3) is 21.8 Å². The SMILES string of the molecule is CC.CCCCCOCCN.CCCOCCCCCNCc1ccc2c(c1)c1ccc(C3CC=CS3)cc1n2CC. The molecule has 0 aliphatic carbocycles. The number of rotatable bonds is 18. The number of hydrogen-bond donors (Lipinski definition) is 2. The summed E-state index contributed by atoms with van der Waals surface area (Å²) in [6.45, 7) is 17.6. The molecule has 2 aromatic carbocycles. The summed E-state index contributed by atoms with van der Waals surface area (Å²) in [7, 11) is 0. The zero-order valence-electron chi connectivity index (χ0n) is 27.3. The van der Waals surface area contributed by atoms with Crippen LogP contribution in [0.15, 0.2) is 47.9 Å². The van der Waals surface area contributed by atoms with Crippen molar-refractivity contribution in [3.05, 3.63) is 59.0 Å². The van der Waals surface area contributed by atoms with Crippen molar-refractivity contribution >= 4 is 33.6 Å². The molecule has 0 radical (unpaired) electrons. The first kappa shape index (κ1) is 36.4. The van der Waals surface area contributed by atoms with E-state index in [4.69, 9.17) is 15.2 Å². The molecule has 1 aromatic heterocycles. The molecule has 1 aliphatic rings. The largest absolute Gasteiger partial charge is 0.381 e. The highest BCUT2D eigenvalue weighted by molar-refractivity contribution is 8.02. The molecule has 0 amide bonds. The lowest BCUT2D eigenvalue weighted by molar-refractivity contribution is 0.130. The van der Waals surface area contributed by atoms with E-state index >= 15 is 0 Å². The van der Waals surface area contributed by atoms with Crippen molar-refractivity contribution in [2.24, 2.45) is 5.73 Å². The number of hydrogen-bond acceptors (Lipinski definition) is 5. The van der Waals surface area contributed by atoms with E-state index in [2.05, 4.69) is 78.5 Å². The van der Waals surface area contributed by atoms with Gasteiger partial charge >= 0.3 is 0 Å². The van der Waals surface area contributed by atoms with Gasteiger partial charge in [0.1, 0.15) is 0 Å². The van der Waals surface area contributed by atoms with Gasteiger partial charge in [-0.25, -0.2) is 0 Å². The van der Waals surface area contributed by atoms with Crippen LogP contribution in [-0.4, -0.2) is 44.1 Å². The van der Waals surface area contributed by atoms with Crippen molar-refractivity contribution < 1.29 is 9.47 Å². The molecule has 4 rings (SSSR count). The third-order valence-corrected chi connectivity index (χ3v) is 8.45. The Morgan fingerprint density at radius 1 is 0.833 bits per heavy atom. The van der Waals surface area contributed by atoms with Gasteiger partial charge < -0.3 is 25.1 Å². The summed E-state index contributed by atoms with van der Waals surface area (Å²) < 4.78 is 13.2. The van der Waals surface area contributed by atoms with Gasteiger partial charge in [-0.3, -0.25) is 0 Å². The Kier molecular flexibility index (Phi) is 19.6. The Bertz CT molecular complexity index is 1130. The van der Waals surface area contributed by atoms with Gasteiger partial charge in [0.25, 0.3) is 0 Å². The number of ether oxygens (including phenoxy) is 2. The first-order chi connectivity index (χ1) is 20.7. The molecule has 0 fully saturated rings. The summed E-state index contributed by atoms with van der Waals surface area (Å²) in [5.41, 5.74) is 10.8. The van der Waals surface area contributed by atoms with Gasteiger partial charge in [-0.1, -0.05) is 64.8 Å². The van der Waals surface area contributed by atoms with Gasteiger partial charge in [0.05, 0.1) is 6.61 Å². The fraction of sp³-hybridized carbons (Fsp3) is 0.611. The molecule has 42 heavy (non-hydrogen) atoms. The lowest BCUT2D eigenvalue weighted by Gasteiger charge is -2.10. The van der Waals surface area contributed by atoms with E-state index in [-0.39, 0.29) is 0 Å². The second-order valence-corrected chi connectivity index (χ2v) is 11.7. The lowest BCUT2D eigenvalue weighted by Crippen LogP contribution is -2.14. The lowest BCUT2D eigenvalue weighted by atomic mass is 10.0. The van der Waals surface area contributed by atoms with Crippen LogP contribution in [0, 0.1) is 0 Å². The van der Waals surface area contributed by atoms with Crippen LogP contribution in [0.5, 0.6) is 0 Å². The van der Waals surface area contributed by atoms with E-state index < -0.39 is 0 Å². The van der Waals surface area contributed by atoms with Crippen LogP contribution in [0.4, 0.5) is 0 Å². The first-order valence-electron chi connectivity index (χ1n) is 16.6. The van der Waals surface area contributed by atoms with Crippen molar-refractivity contribution in [3.63, 3.8) is 0 Å². The fourth-order valence-corrected chi connectivity index (χ4v) is 6.10. The van der Waals surface area contributed by atoms with Crippen LogP contribution >= 0.6 is 11.8 Å². The second-order valence-electron chi connectivity index (χ2n) is 10.6. The molecule has 0 spiro atoms. The van der Waals surface area contributed by atoms with Gasteiger partial charge in [0.2, 0.25) is 0 Å². The number of aryl methyl sites for hydroxylation is 1. The molecular formula is C36H59N3O2S. The van der Waals surface area contributed by atoms with Crippen LogP contribution in [0.3, 0.4) is 0 Å². The Morgan fingerprint density at radius 2 is 1.62 bits per heavy atom. The molecule has 1 aliphatic heterocycles. The monoisotopic (exact) mass is 597 g/mol. The molecule has 1 unspecified atom stereocenters. The Labute approximate surface area is 261 Å². The maximum atomic E-state index is 5.56. The molecule has 6 heteroatoms. The number of unbranched alkanes of at least 4 members (excludes halogenated alkanes) is 4. The zero-order valence-corrected chi connectivity index (χ0v) is 28.1. The van der Waals surface area contributed by atoms with Crippen molar-refractivity contribution in [2.45, 2.75) is 104 Å². The highest BCUT2D eigenvalue weighted by Crippen LogP contribution is 2.40. The quantitative estimate of drug-likeness (QED) is 0.143. The molecule has 0 saturated carbocycles. The Balaban J connectivity index is 0.000000481. The van der Waals surface area contributed by atoms with Gasteiger partial charge in [0, 0.05) is 66.5 Å². The van der Waals surface area contributed by atoms with E-state index in [0.29, 0.717) is 18.4 Å². The highest BCUT2D eigenvalue weighted by atomic mass is 32.2. The number of aromatic nitrogens is 1. The van der Waals surface area contributed by atoms with E-state index in [0.717, 1.165) is 52.3 Å². The molecule has 5 nitrogen and oxygen atoms in total. The Hall–Kier alpha value is -1.83. The van der Waals surface area contributed by atoms with Crippen molar-refractivity contribution in [2.75, 3.05) is 39.5 Å². The third kappa shape index (κ3) is 12.0. The number of nitrogens with two attached hydrogens (primary N) is 1. The summed E-state index contributed by atoms with van der Waals surface area (Å²) in [6, 6.07) is 14.1. The molecular weight excluding hydrogens is 538 g/mol. The molecule has 3 N–H and O–H groups in total. The average molecular weight is 598 g/mol. The van der Waals surface area contributed by atoms with E-state index in [9.17, 15) is 0 Å². The van der Waals surface area contributed by atoms with Gasteiger partial charge in [-0.15, -0.1) is 11.8 Å². The summed E-state index contributed by atoms with van der Waals surface area (Å²) in [5.74, 6) is 0. The van der Waals surface area contributed by atoms with Crippen molar-refractivity contribution in [3.8, 4) is 0 Å². The topological polar surface area (TPSA) is 61.4 Å². The highest BCUT2D eigenvalue weighted by Gasteiger charge is 2.17. The first-order valence-corrected chi connectivity index (χ1v) is 17.6. The summed E-state index contributed by atoms with van der Waals surface area (Å²) in [4.78, 5) is 0. The van der Waals surface area contributed by atoms with Gasteiger partial charge in [0.15, 0.2) is 0 Å². The van der Waals surface area contributed by atoms with Crippen LogP contribution < -0.4 is 11.1 Å². The summed E-state index contributed by atoms with van der Waals surface area (Å²) >= 11 is 1.94. The average Bonchev–Trinajstić information content (AvgIpc) is 3.68. The zero-order chi connectivity index (χ0) is 30.4. The van der Waals surface area contributed by atoms with Crippen LogP contribution in [-0.2, 0) is 22.6 Å². The normalized spacial score (nSPS) is 14.2. The minimum Gasteiger partial charge on any atom is -0.381 e. The summed E-state index contributed by atoms with van der Waals surface area (Å²) in [5, 5.41) is 9.20. The number of fused-ring (bicyclic) bond motifs is 3. The standard InChI is InChI=1S/C27H36N2OS.C7H17NO.C2H6/c1-3-15-30-16-7-5-6-14-28-20-21-10-13-25-24(18-21)23-12-11-22(27-9-8-17-31-27)19-26(23)29(25)4-2;1-2-3-4-6-9-7-5-8;1-2/h8,10-13,17-19,27-28H,3-7,9,14-16,20H2,1-2H3;2-8H2,1H3;1-2H3. The molecule has 1 atom stereocenters. The number of benzene rings is 2. The fourth-order valence-electron chi connectivity index (χ4n) is 5.16. The second kappa shape index (κ2) is 22.7. The van der Waals surface area contributed by atoms with Crippen LogP contribution in [0.2, 0.25) is 0 Å². The maximum Gasteiger partial charge on any atom is 0.0588 e. The molecule has 236 valence electrons. The number of nitrogens with one attached hydrogen (secondary N) is 1. The number of nitrogens with zero attached hydrogens (tertiary/aromatic N) is 1. The molecule has 2 heterocycles. The number of allylic oxidation sites excluding steroid dienone is 1. The van der Waals surface area contributed by atoms with E-state index in [1.165, 1.54) is 71.5 Å². The predicted molar refractivity (Wildman–Crippen MR) is 187 cm³/mol. The van der Waals surface area contributed by atoms with Crippen LogP contribution in [0.1, 0.15) is 102 Å². The molecule has 0 bridgehead atoms. The maximum absolute atomic E-state index is 5.56. The third-order valence-electron chi connectivity index (χ3n) is 7.31. The van der Waals surface area contributed by atoms with Crippen molar-refractivity contribution in [1.29, 1.82) is 0 Å². The minimum atomic E-state index is 0.575. The Morgan fingerprint density at radius 3 is 2.31 bits per heavy atom. The van der Waals surface area contributed by atoms with E-state index in [1.54, 1.807) is 0 Å². The van der Waals surface area contributed by atoms with Gasteiger partial charge in [-0.2, -0.15) is 0 Å². The summed E-state index contributed by atoms with van der Waals surface area (Å²) in [6.07, 6.45) is 11.9. The van der Waals surface area contributed by atoms with Crippen molar-refractivity contribution in [1.82, 2.24) is 9.88 Å². The minimum absolute atomic E-state index is 0.575. The molecule has 0 saturated heterocycles. The predicted octanol–water partition coefficient (Wildman–Crippen LogP) is 9.37. The molecule has 3 aromatic rings. The van der Waals surface area contributed by atoms with E-state index in [1.807, 2.05) is 25.6 Å². The smallest absolute Gasteiger partial charge is 0.0588 e. The van der Waals surface area contributed by atoms with Gasteiger partial charge in [-0.05, 0) is 86.7 Å².